The molecule has 0 bridgehead atoms. The molecule has 11 heteroatoms. The zero-order valence-electron chi connectivity index (χ0n) is 49.0. The summed E-state index contributed by atoms with van der Waals surface area (Å²) < 4.78 is 34.2. The Balaban J connectivity index is 0.891. The highest BCUT2D eigenvalue weighted by Crippen LogP contribution is 2.50. The summed E-state index contributed by atoms with van der Waals surface area (Å²) in [6.45, 7) is 21.7. The summed E-state index contributed by atoms with van der Waals surface area (Å²) in [5, 5.41) is 6.30. The van der Waals surface area contributed by atoms with Crippen molar-refractivity contribution in [3.63, 3.8) is 0 Å². The van der Waals surface area contributed by atoms with Gasteiger partial charge in [0.25, 0.3) is 20.1 Å². The van der Waals surface area contributed by atoms with Crippen LogP contribution >= 0.6 is 22.7 Å². The van der Waals surface area contributed by atoms with Crippen LogP contribution in [0.15, 0.2) is 146 Å². The molecule has 0 amide bonds. The molecule has 2 aromatic heterocycles. The van der Waals surface area contributed by atoms with E-state index in [9.17, 15) is 0 Å². The van der Waals surface area contributed by atoms with Gasteiger partial charge < -0.3 is 29.2 Å². The molecule has 6 aliphatic rings. The molecule has 8 heterocycles. The molecule has 0 aliphatic carbocycles. The quantitative estimate of drug-likeness (QED) is 0.178. The van der Waals surface area contributed by atoms with E-state index in [1.54, 1.807) is 0 Å². The van der Waals surface area contributed by atoms with E-state index in [2.05, 4.69) is 225 Å². The highest BCUT2D eigenvalue weighted by molar-refractivity contribution is 7.34. The van der Waals surface area contributed by atoms with Crippen LogP contribution in [0.1, 0.15) is 55.6 Å². The molecule has 0 saturated heterocycles. The van der Waals surface area contributed by atoms with Crippen LogP contribution in [0.4, 0.5) is 28.4 Å². The van der Waals surface area contributed by atoms with Crippen LogP contribution in [0.3, 0.4) is 0 Å². The monoisotopic (exact) mass is 1130 g/mol. The molecular formula is C74H55B3N2O4S2. The SMILES string of the molecule is Cc1cc(C)c(-c2cc3c4c(c2)Oc2c(sc5ccccc25)B4c2cc4c(cc2N3)Oc2cc(C)cc3c2B4c2cc4c(cc2O3)N(c2c(C)cc(C)cc2C)c2cc(-c3c(C)cc(C)cc3C)cc3c2B4c2sc4ccccc4c2O3)c(C)c1. The fourth-order valence-electron chi connectivity index (χ4n) is 16.2. The van der Waals surface area contributed by atoms with E-state index in [0.717, 1.165) is 113 Å². The van der Waals surface area contributed by atoms with Gasteiger partial charge in [0.1, 0.15) is 46.0 Å². The zero-order chi connectivity index (χ0) is 57.3. The van der Waals surface area contributed by atoms with E-state index in [4.69, 9.17) is 18.9 Å². The van der Waals surface area contributed by atoms with E-state index < -0.39 is 0 Å². The molecule has 10 aromatic carbocycles. The van der Waals surface area contributed by atoms with Gasteiger partial charge in [-0.3, -0.25) is 0 Å². The maximum Gasteiger partial charge on any atom is 0.268 e. The van der Waals surface area contributed by atoms with E-state index in [1.165, 1.54) is 108 Å². The van der Waals surface area contributed by atoms with Gasteiger partial charge in [0.15, 0.2) is 0 Å². The fourth-order valence-corrected chi connectivity index (χ4v) is 18.7. The van der Waals surface area contributed by atoms with Crippen molar-refractivity contribution in [2.45, 2.75) is 69.2 Å². The Labute approximate surface area is 503 Å². The smallest absolute Gasteiger partial charge is 0.268 e. The number of benzene rings is 10. The standard InChI is InChI=1S/C74H55B3N2O4S2/c1-35-19-39(5)65(40(6)20-35)45-27-54-67-61(29-45)82-71-47-15-11-13-17-63(47)84-73(71)76(67)49-31-51-57(33-53(49)78-54)80-59-25-38(4)26-60-69(59)75(51)52-32-50-55(34-58(52)81-60)79(70-43(9)23-37(3)24-44(70)10)56-28-46(66-41(7)21-36(2)22-42(66)8)30-62-68(56)77(50)74-72(83-62)48-16-12-14-18-64(48)85-74/h11-34,78H,1-10H3. The molecule has 0 spiro atoms. The van der Waals surface area contributed by atoms with Gasteiger partial charge in [-0.05, 0) is 224 Å². The van der Waals surface area contributed by atoms with E-state index >= 15 is 0 Å². The van der Waals surface area contributed by atoms with Crippen molar-refractivity contribution in [2.75, 3.05) is 10.2 Å². The van der Waals surface area contributed by atoms with Crippen molar-refractivity contribution >= 4 is 139 Å². The van der Waals surface area contributed by atoms with E-state index in [0.29, 0.717) is 0 Å². The Morgan fingerprint density at radius 2 is 0.835 bits per heavy atom. The van der Waals surface area contributed by atoms with Gasteiger partial charge in [0.05, 0.1) is 5.69 Å². The van der Waals surface area contributed by atoms with Gasteiger partial charge in [0.2, 0.25) is 0 Å². The predicted octanol–water partition coefficient (Wildman–Crippen LogP) is 14.3. The lowest BCUT2D eigenvalue weighted by Crippen LogP contribution is -2.63. The summed E-state index contributed by atoms with van der Waals surface area (Å²) in [6.07, 6.45) is 0. The number of thiophene rings is 2. The van der Waals surface area contributed by atoms with Crippen molar-refractivity contribution in [3.05, 3.63) is 201 Å². The van der Waals surface area contributed by atoms with Gasteiger partial charge in [-0.1, -0.05) is 89.5 Å². The van der Waals surface area contributed by atoms with Crippen molar-refractivity contribution < 1.29 is 18.9 Å². The van der Waals surface area contributed by atoms with E-state index in [1.807, 2.05) is 22.7 Å². The number of rotatable bonds is 3. The molecule has 12 aromatic rings. The minimum absolute atomic E-state index is 0.0980. The first kappa shape index (κ1) is 49.5. The number of ether oxygens (including phenoxy) is 4. The maximum absolute atomic E-state index is 7.43. The Hall–Kier alpha value is -8.89. The highest BCUT2D eigenvalue weighted by atomic mass is 32.1. The lowest BCUT2D eigenvalue weighted by atomic mass is 9.31. The lowest BCUT2D eigenvalue weighted by molar-refractivity contribution is 0.464. The molecule has 0 radical (unpaired) electrons. The lowest BCUT2D eigenvalue weighted by Gasteiger charge is -2.42. The molecule has 0 saturated carbocycles. The van der Waals surface area contributed by atoms with Gasteiger partial charge in [-0.2, -0.15) is 0 Å². The summed E-state index contributed by atoms with van der Waals surface area (Å²) in [5.41, 5.74) is 30.6. The Morgan fingerprint density at radius 1 is 0.365 bits per heavy atom. The van der Waals surface area contributed by atoms with Crippen LogP contribution in [-0.2, 0) is 0 Å². The van der Waals surface area contributed by atoms with Crippen molar-refractivity contribution in [3.8, 4) is 68.2 Å². The first-order chi connectivity index (χ1) is 41.2. The third-order valence-corrected chi connectivity index (χ3v) is 21.5. The molecular weight excluding hydrogens is 1080 g/mol. The second-order valence-corrected chi connectivity index (χ2v) is 27.2. The van der Waals surface area contributed by atoms with Crippen molar-refractivity contribution in [2.24, 2.45) is 0 Å². The van der Waals surface area contributed by atoms with Gasteiger partial charge in [-0.15, -0.1) is 22.7 Å². The number of nitrogens with zero attached hydrogens (tertiary/aromatic N) is 1. The second kappa shape index (κ2) is 17.4. The molecule has 85 heavy (non-hydrogen) atoms. The average Bonchev–Trinajstić information content (AvgIpc) is 4.21. The minimum atomic E-state index is -0.222. The first-order valence-corrected chi connectivity index (χ1v) is 31.2. The highest BCUT2D eigenvalue weighted by Gasteiger charge is 2.50. The Morgan fingerprint density at radius 3 is 1.41 bits per heavy atom. The molecule has 406 valence electrons. The van der Waals surface area contributed by atoms with Crippen LogP contribution in [-0.4, -0.2) is 20.1 Å². The number of fused-ring (bicyclic) bond motifs is 16. The molecule has 1 N–H and O–H groups in total. The number of anilines is 5. The Bertz CT molecular complexity index is 5040. The van der Waals surface area contributed by atoms with Crippen molar-refractivity contribution in [1.29, 1.82) is 0 Å². The molecule has 6 nitrogen and oxygen atoms in total. The number of hydrogen-bond donors (Lipinski definition) is 1. The van der Waals surface area contributed by atoms with Crippen LogP contribution in [0.25, 0.3) is 42.4 Å². The molecule has 0 fully saturated rings. The van der Waals surface area contributed by atoms with Crippen LogP contribution in [0.2, 0.25) is 0 Å². The van der Waals surface area contributed by atoms with Crippen molar-refractivity contribution in [1.82, 2.24) is 0 Å². The molecule has 18 rings (SSSR count). The third-order valence-electron chi connectivity index (χ3n) is 19.0. The number of hydrogen-bond acceptors (Lipinski definition) is 8. The summed E-state index contributed by atoms with van der Waals surface area (Å²) in [6, 6.07) is 54.8. The third kappa shape index (κ3) is 6.91. The average molecular weight is 1130 g/mol. The molecule has 0 unspecified atom stereocenters. The normalized spacial score (nSPS) is 13.9. The summed E-state index contributed by atoms with van der Waals surface area (Å²) in [5.74, 6) is 7.02. The summed E-state index contributed by atoms with van der Waals surface area (Å²) in [4.78, 5) is 2.55. The van der Waals surface area contributed by atoms with Gasteiger partial charge >= 0.3 is 0 Å². The van der Waals surface area contributed by atoms with Gasteiger partial charge in [-0.25, -0.2) is 0 Å². The number of nitrogens with one attached hydrogen (secondary N) is 1. The predicted molar refractivity (Wildman–Crippen MR) is 360 cm³/mol. The minimum Gasteiger partial charge on any atom is -0.458 e. The van der Waals surface area contributed by atoms with Gasteiger partial charge in [0, 0.05) is 70.1 Å². The summed E-state index contributed by atoms with van der Waals surface area (Å²) >= 11 is 3.70. The second-order valence-electron chi connectivity index (χ2n) is 25.0. The zero-order valence-corrected chi connectivity index (χ0v) is 50.6. The number of aryl methyl sites for hydroxylation is 10. The summed E-state index contributed by atoms with van der Waals surface area (Å²) in [7, 11) is 0. The molecule has 0 atom stereocenters. The maximum atomic E-state index is 7.43. The van der Waals surface area contributed by atoms with Crippen LogP contribution < -0.4 is 77.0 Å². The van der Waals surface area contributed by atoms with E-state index in [-0.39, 0.29) is 20.1 Å². The topological polar surface area (TPSA) is 52.2 Å². The van der Waals surface area contributed by atoms with Crippen LogP contribution in [0, 0.1) is 69.2 Å². The first-order valence-electron chi connectivity index (χ1n) is 29.6. The molecule has 6 aliphatic heterocycles. The fraction of sp³-hybridized carbons (Fsp3) is 0.135. The van der Waals surface area contributed by atoms with Crippen LogP contribution in [0.5, 0.6) is 46.0 Å². The largest absolute Gasteiger partial charge is 0.458 e. The Kier molecular flexibility index (Phi) is 10.1.